The molecule has 9 heavy (non-hydrogen) atoms. The molecule has 2 fully saturated rings. The monoisotopic (exact) mass is 126 g/mol. The van der Waals surface area contributed by atoms with Crippen molar-refractivity contribution >= 4 is 0 Å². The molecule has 2 heterocycles. The highest BCUT2D eigenvalue weighted by molar-refractivity contribution is 4.82. The lowest BCUT2D eigenvalue weighted by Crippen LogP contribution is -2.42. The fourth-order valence-electron chi connectivity index (χ4n) is 1.94. The Kier molecular flexibility index (Phi) is 1.24. The van der Waals surface area contributed by atoms with Crippen LogP contribution in [0.2, 0.25) is 0 Å². The second-order valence-corrected chi connectivity index (χ2v) is 3.06. The van der Waals surface area contributed by atoms with E-state index in [1.165, 1.54) is 32.6 Å². The third kappa shape index (κ3) is 0.775. The van der Waals surface area contributed by atoms with Crippen LogP contribution in [-0.2, 0) is 0 Å². The van der Waals surface area contributed by atoms with Gasteiger partial charge < -0.3 is 0 Å². The van der Waals surface area contributed by atoms with Crippen molar-refractivity contribution in [2.45, 2.75) is 19.5 Å². The Morgan fingerprint density at radius 2 is 1.56 bits per heavy atom. The molecule has 2 aliphatic heterocycles. The van der Waals surface area contributed by atoms with E-state index >= 15 is 0 Å². The Morgan fingerprint density at radius 1 is 1.00 bits per heavy atom. The largest absolute Gasteiger partial charge is 0.287 e. The summed E-state index contributed by atoms with van der Waals surface area (Å²) in [4.78, 5) is 5.12. The van der Waals surface area contributed by atoms with Gasteiger partial charge in [0.15, 0.2) is 0 Å². The van der Waals surface area contributed by atoms with E-state index in [9.17, 15) is 0 Å². The van der Waals surface area contributed by atoms with Crippen molar-refractivity contribution in [2.24, 2.45) is 0 Å². The van der Waals surface area contributed by atoms with Crippen molar-refractivity contribution in [3.8, 4) is 0 Å². The van der Waals surface area contributed by atoms with Crippen molar-refractivity contribution in [1.82, 2.24) is 9.80 Å². The van der Waals surface area contributed by atoms with Gasteiger partial charge in [-0.05, 0) is 13.3 Å². The molecule has 0 radical (unpaired) electrons. The van der Waals surface area contributed by atoms with Crippen LogP contribution in [0.4, 0.5) is 0 Å². The van der Waals surface area contributed by atoms with Gasteiger partial charge in [0.2, 0.25) is 0 Å². The Hall–Kier alpha value is -0.0800. The zero-order valence-corrected chi connectivity index (χ0v) is 6.01. The normalized spacial score (nSPS) is 49.7. The topological polar surface area (TPSA) is 6.48 Å². The van der Waals surface area contributed by atoms with Crippen LogP contribution >= 0.6 is 0 Å². The maximum Gasteiger partial charge on any atom is 0.0594 e. The zero-order valence-electron chi connectivity index (χ0n) is 6.01. The standard InChI is InChI=1S/C7H14N2/c1-7-8-3-2-4-9(7)6-5-8/h7H,2-6H2,1H3. The van der Waals surface area contributed by atoms with Crippen LogP contribution < -0.4 is 0 Å². The summed E-state index contributed by atoms with van der Waals surface area (Å²) < 4.78 is 0. The predicted molar refractivity (Wildman–Crippen MR) is 37.2 cm³/mol. The summed E-state index contributed by atoms with van der Waals surface area (Å²) in [5, 5.41) is 0. The second kappa shape index (κ2) is 1.96. The summed E-state index contributed by atoms with van der Waals surface area (Å²) in [5.41, 5.74) is 0. The lowest BCUT2D eigenvalue weighted by molar-refractivity contribution is 0.108. The fourth-order valence-corrected chi connectivity index (χ4v) is 1.94. The maximum atomic E-state index is 2.56. The lowest BCUT2D eigenvalue weighted by Gasteiger charge is -2.31. The van der Waals surface area contributed by atoms with E-state index in [2.05, 4.69) is 16.7 Å². The first-order chi connectivity index (χ1) is 4.38. The second-order valence-electron chi connectivity index (χ2n) is 3.06. The van der Waals surface area contributed by atoms with Crippen molar-refractivity contribution in [2.75, 3.05) is 26.2 Å². The lowest BCUT2D eigenvalue weighted by atomic mass is 10.3. The molecule has 2 atom stereocenters. The van der Waals surface area contributed by atoms with Crippen LogP contribution in [-0.4, -0.2) is 42.1 Å². The summed E-state index contributed by atoms with van der Waals surface area (Å²) in [6.45, 7) is 7.59. The van der Waals surface area contributed by atoms with Crippen molar-refractivity contribution in [3.05, 3.63) is 0 Å². The van der Waals surface area contributed by atoms with Gasteiger partial charge in [0, 0.05) is 26.2 Å². The highest BCUT2D eigenvalue weighted by Crippen LogP contribution is 2.18. The minimum Gasteiger partial charge on any atom is -0.287 e. The van der Waals surface area contributed by atoms with Gasteiger partial charge in [-0.3, -0.25) is 9.80 Å². The molecule has 2 unspecified atom stereocenters. The molecule has 0 aromatic carbocycles. The average Bonchev–Trinajstić information content (AvgIpc) is 2.19. The van der Waals surface area contributed by atoms with Gasteiger partial charge in [0.25, 0.3) is 0 Å². The number of hydrogen-bond acceptors (Lipinski definition) is 2. The van der Waals surface area contributed by atoms with Gasteiger partial charge in [-0.1, -0.05) is 0 Å². The Labute approximate surface area is 56.4 Å². The number of nitrogens with zero attached hydrogens (tertiary/aromatic N) is 2. The smallest absolute Gasteiger partial charge is 0.0594 e. The maximum absolute atomic E-state index is 2.56. The van der Waals surface area contributed by atoms with Crippen molar-refractivity contribution in [3.63, 3.8) is 0 Å². The zero-order chi connectivity index (χ0) is 6.27. The summed E-state index contributed by atoms with van der Waals surface area (Å²) in [6, 6.07) is 0. The summed E-state index contributed by atoms with van der Waals surface area (Å²) in [6.07, 6.45) is 2.13. The van der Waals surface area contributed by atoms with Crippen LogP contribution in [0.3, 0.4) is 0 Å². The predicted octanol–water partition coefficient (Wildman–Crippen LogP) is 0.354. The summed E-state index contributed by atoms with van der Waals surface area (Å²) >= 11 is 0. The quantitative estimate of drug-likeness (QED) is 0.462. The molecule has 2 aliphatic rings. The van der Waals surface area contributed by atoms with Gasteiger partial charge in [0.05, 0.1) is 6.17 Å². The molecule has 2 nitrogen and oxygen atoms in total. The van der Waals surface area contributed by atoms with Crippen LogP contribution in [0.25, 0.3) is 0 Å². The van der Waals surface area contributed by atoms with Gasteiger partial charge in [-0.25, -0.2) is 0 Å². The number of fused-ring (bicyclic) bond motifs is 2. The minimum atomic E-state index is 0.749. The van der Waals surface area contributed by atoms with Gasteiger partial charge in [-0.15, -0.1) is 0 Å². The minimum absolute atomic E-state index is 0.749. The van der Waals surface area contributed by atoms with Gasteiger partial charge in [-0.2, -0.15) is 0 Å². The first-order valence-electron chi connectivity index (χ1n) is 3.86. The van der Waals surface area contributed by atoms with Crippen LogP contribution in [0, 0.1) is 0 Å². The van der Waals surface area contributed by atoms with Crippen molar-refractivity contribution < 1.29 is 0 Å². The molecule has 0 N–H and O–H groups in total. The third-order valence-corrected chi connectivity index (χ3v) is 2.62. The van der Waals surface area contributed by atoms with E-state index in [1.54, 1.807) is 0 Å². The summed E-state index contributed by atoms with van der Waals surface area (Å²) in [5.74, 6) is 0. The van der Waals surface area contributed by atoms with E-state index < -0.39 is 0 Å². The van der Waals surface area contributed by atoms with E-state index in [-0.39, 0.29) is 0 Å². The number of rotatable bonds is 0. The Morgan fingerprint density at radius 3 is 2.00 bits per heavy atom. The SMILES string of the molecule is CC1N2CCCN1CC2. The molecule has 2 saturated heterocycles. The molecule has 0 aromatic rings. The molecule has 0 amide bonds. The first-order valence-corrected chi connectivity index (χ1v) is 3.86. The van der Waals surface area contributed by atoms with E-state index in [0.29, 0.717) is 0 Å². The highest BCUT2D eigenvalue weighted by Gasteiger charge is 2.30. The fraction of sp³-hybridized carbons (Fsp3) is 1.00. The molecule has 2 bridgehead atoms. The molecule has 0 saturated carbocycles. The van der Waals surface area contributed by atoms with Gasteiger partial charge in [0.1, 0.15) is 0 Å². The van der Waals surface area contributed by atoms with Crippen LogP contribution in [0.1, 0.15) is 13.3 Å². The van der Waals surface area contributed by atoms with Crippen LogP contribution in [0.5, 0.6) is 0 Å². The molecular weight excluding hydrogens is 112 g/mol. The summed E-state index contributed by atoms with van der Waals surface area (Å²) in [7, 11) is 0. The molecule has 0 spiro atoms. The van der Waals surface area contributed by atoms with Crippen LogP contribution in [0.15, 0.2) is 0 Å². The average molecular weight is 126 g/mol. The Bertz CT molecular complexity index is 97.5. The molecule has 2 rings (SSSR count). The van der Waals surface area contributed by atoms with E-state index in [1.807, 2.05) is 0 Å². The van der Waals surface area contributed by atoms with E-state index in [4.69, 9.17) is 0 Å². The first kappa shape index (κ1) is 5.69. The molecule has 0 aromatic heterocycles. The number of hydrogen-bond donors (Lipinski definition) is 0. The Balaban J connectivity index is 2.10. The van der Waals surface area contributed by atoms with E-state index in [0.717, 1.165) is 6.17 Å². The molecule has 2 heteroatoms. The van der Waals surface area contributed by atoms with Crippen molar-refractivity contribution in [1.29, 1.82) is 0 Å². The molecule has 0 aliphatic carbocycles. The molecular formula is C7H14N2. The molecule has 52 valence electrons. The van der Waals surface area contributed by atoms with Gasteiger partial charge >= 0.3 is 0 Å². The highest BCUT2D eigenvalue weighted by atomic mass is 15.4. The third-order valence-electron chi connectivity index (χ3n) is 2.62.